The zero-order chi connectivity index (χ0) is 38.2. The number of nitrogens with zero attached hydrogens (tertiary/aromatic N) is 1. The maximum Gasteiger partial charge on any atom is 0.172 e. The first-order valence-corrected chi connectivity index (χ1v) is 20.4. The number of hydrogen-bond acceptors (Lipinski definition) is 3. The van der Waals surface area contributed by atoms with E-state index in [4.69, 9.17) is 9.47 Å². The molecule has 0 N–H and O–H groups in total. The van der Waals surface area contributed by atoms with Crippen molar-refractivity contribution in [3.63, 3.8) is 0 Å². The Labute approximate surface area is 339 Å². The van der Waals surface area contributed by atoms with Crippen molar-refractivity contribution in [2.45, 2.75) is 30.6 Å². The summed E-state index contributed by atoms with van der Waals surface area (Å²) in [7, 11) is 0. The number of ether oxygens (including phenoxy) is 2. The molecule has 1 heterocycles. The second kappa shape index (κ2) is 13.0. The maximum absolute atomic E-state index is 7.01. The van der Waals surface area contributed by atoms with E-state index >= 15 is 0 Å². The van der Waals surface area contributed by atoms with Crippen LogP contribution in [0, 0.1) is 0 Å². The van der Waals surface area contributed by atoms with Gasteiger partial charge >= 0.3 is 0 Å². The van der Waals surface area contributed by atoms with Crippen molar-refractivity contribution in [3.05, 3.63) is 228 Å². The van der Waals surface area contributed by atoms with Crippen LogP contribution < -0.4 is 14.4 Å². The Morgan fingerprint density at radius 3 is 2.03 bits per heavy atom. The monoisotopic (exact) mass is 745 g/mol. The Kier molecular flexibility index (Phi) is 7.40. The highest BCUT2D eigenvalue weighted by molar-refractivity contribution is 6.01. The van der Waals surface area contributed by atoms with Crippen LogP contribution in [0.5, 0.6) is 23.0 Å². The fourth-order valence-electron chi connectivity index (χ4n) is 10.2. The summed E-state index contributed by atoms with van der Waals surface area (Å²) in [6.07, 6.45) is 16.9. The first-order valence-electron chi connectivity index (χ1n) is 20.4. The molecule has 0 saturated heterocycles. The van der Waals surface area contributed by atoms with Gasteiger partial charge in [-0.15, -0.1) is 0 Å². The Morgan fingerprint density at radius 2 is 1.21 bits per heavy atom. The number of hydrogen-bond donors (Lipinski definition) is 0. The molecular formula is C55H39NO2. The summed E-state index contributed by atoms with van der Waals surface area (Å²) in [6.45, 7) is 0. The van der Waals surface area contributed by atoms with E-state index in [1.165, 1.54) is 61.2 Å². The van der Waals surface area contributed by atoms with Gasteiger partial charge in [-0.2, -0.15) is 0 Å². The van der Waals surface area contributed by atoms with Crippen molar-refractivity contribution < 1.29 is 9.47 Å². The predicted octanol–water partition coefficient (Wildman–Crippen LogP) is 14.8. The van der Waals surface area contributed by atoms with E-state index in [-0.39, 0.29) is 5.92 Å². The Morgan fingerprint density at radius 1 is 0.500 bits per heavy atom. The molecule has 0 fully saturated rings. The van der Waals surface area contributed by atoms with E-state index in [1.807, 2.05) is 0 Å². The normalized spacial score (nSPS) is 18.7. The average Bonchev–Trinajstić information content (AvgIpc) is 3.75. The molecule has 2 atom stereocenters. The molecule has 0 amide bonds. The maximum atomic E-state index is 7.01. The second-order valence-corrected chi connectivity index (χ2v) is 15.8. The molecule has 3 nitrogen and oxygen atoms in total. The molecule has 0 aromatic heterocycles. The molecule has 7 aromatic rings. The quantitative estimate of drug-likeness (QED) is 0.175. The molecule has 58 heavy (non-hydrogen) atoms. The summed E-state index contributed by atoms with van der Waals surface area (Å²) < 4.78 is 13.8. The van der Waals surface area contributed by atoms with Gasteiger partial charge < -0.3 is 14.4 Å². The zero-order valence-corrected chi connectivity index (χ0v) is 31.9. The summed E-state index contributed by atoms with van der Waals surface area (Å²) in [4.78, 5) is 2.36. The first-order chi connectivity index (χ1) is 28.8. The Hall–Kier alpha value is -7.10. The lowest BCUT2D eigenvalue weighted by atomic mass is 9.69. The van der Waals surface area contributed by atoms with Gasteiger partial charge in [-0.3, -0.25) is 0 Å². The molecule has 5 aliphatic rings. The fourth-order valence-corrected chi connectivity index (χ4v) is 10.2. The number of para-hydroxylation sites is 1. The number of benzene rings is 7. The number of rotatable bonds is 5. The van der Waals surface area contributed by atoms with E-state index in [1.54, 1.807) is 0 Å². The van der Waals surface area contributed by atoms with Crippen LogP contribution in [0.2, 0.25) is 0 Å². The molecule has 0 radical (unpaired) electrons. The minimum Gasteiger partial charge on any atom is -0.449 e. The van der Waals surface area contributed by atoms with Crippen LogP contribution in [0.15, 0.2) is 200 Å². The molecule has 3 heteroatoms. The largest absolute Gasteiger partial charge is 0.449 e. The molecule has 4 aliphatic carbocycles. The van der Waals surface area contributed by atoms with Crippen molar-refractivity contribution in [1.29, 1.82) is 0 Å². The third-order valence-corrected chi connectivity index (χ3v) is 12.7. The van der Waals surface area contributed by atoms with Crippen LogP contribution in [-0.2, 0) is 5.41 Å². The molecular weight excluding hydrogens is 707 g/mol. The topological polar surface area (TPSA) is 21.7 Å². The minimum absolute atomic E-state index is 0.229. The van der Waals surface area contributed by atoms with Gasteiger partial charge in [0.25, 0.3) is 0 Å². The van der Waals surface area contributed by atoms with E-state index in [9.17, 15) is 0 Å². The number of anilines is 3. The second-order valence-electron chi connectivity index (χ2n) is 15.8. The first kappa shape index (κ1) is 33.1. The van der Waals surface area contributed by atoms with Gasteiger partial charge in [-0.1, -0.05) is 140 Å². The molecule has 1 spiro atoms. The van der Waals surface area contributed by atoms with E-state index in [2.05, 4.69) is 199 Å². The van der Waals surface area contributed by atoms with Gasteiger partial charge in [0.2, 0.25) is 0 Å². The van der Waals surface area contributed by atoms with Crippen LogP contribution in [0.3, 0.4) is 0 Å². The van der Waals surface area contributed by atoms with Crippen LogP contribution in [0.4, 0.5) is 17.1 Å². The van der Waals surface area contributed by atoms with Crippen molar-refractivity contribution >= 4 is 22.6 Å². The zero-order valence-electron chi connectivity index (χ0n) is 31.9. The predicted molar refractivity (Wildman–Crippen MR) is 236 cm³/mol. The third-order valence-electron chi connectivity index (χ3n) is 12.7. The minimum atomic E-state index is -0.412. The van der Waals surface area contributed by atoms with Crippen molar-refractivity contribution in [1.82, 2.24) is 0 Å². The summed E-state index contributed by atoms with van der Waals surface area (Å²) in [5.74, 6) is 3.11. The number of allylic oxidation sites excluding steroid dienone is 8. The molecule has 2 unspecified atom stereocenters. The molecule has 0 saturated carbocycles. The summed E-state index contributed by atoms with van der Waals surface area (Å²) in [5.41, 5.74) is 16.9. The van der Waals surface area contributed by atoms with Crippen LogP contribution in [-0.4, -0.2) is 0 Å². The third kappa shape index (κ3) is 4.86. The molecule has 7 aromatic carbocycles. The Bertz CT molecular complexity index is 2940. The highest BCUT2D eigenvalue weighted by atomic mass is 16.6. The van der Waals surface area contributed by atoms with Gasteiger partial charge in [0, 0.05) is 23.4 Å². The van der Waals surface area contributed by atoms with Gasteiger partial charge in [0.05, 0.1) is 11.1 Å². The van der Waals surface area contributed by atoms with E-state index < -0.39 is 5.41 Å². The van der Waals surface area contributed by atoms with E-state index in [0.717, 1.165) is 47.8 Å². The average molecular weight is 746 g/mol. The van der Waals surface area contributed by atoms with Gasteiger partial charge in [-0.05, 0) is 129 Å². The highest BCUT2D eigenvalue weighted by Gasteiger charge is 2.54. The van der Waals surface area contributed by atoms with Crippen LogP contribution in [0.1, 0.15) is 53.0 Å². The number of fused-ring (bicyclic) bond motifs is 12. The lowest BCUT2D eigenvalue weighted by molar-refractivity contribution is 0.359. The lowest BCUT2D eigenvalue weighted by Gasteiger charge is -2.33. The molecule has 276 valence electrons. The SMILES string of the molecule is C1=CCC(c2cc(-c3ccccc3)ccc2N(c2ccccc2)c2ccc3c(c2)Oc2cc4c(cc2O3)-c2ccccc2C42C3=CCCC=C3c3ccccc32)C=C1. The van der Waals surface area contributed by atoms with Crippen molar-refractivity contribution in [2.24, 2.45) is 0 Å². The fraction of sp³-hybridized carbons (Fsp3) is 0.0909. The van der Waals surface area contributed by atoms with Gasteiger partial charge in [0.15, 0.2) is 23.0 Å². The lowest BCUT2D eigenvalue weighted by Crippen LogP contribution is -2.26. The van der Waals surface area contributed by atoms with Crippen molar-refractivity contribution in [3.8, 4) is 45.3 Å². The molecule has 12 rings (SSSR count). The van der Waals surface area contributed by atoms with E-state index in [0.29, 0.717) is 11.5 Å². The molecule has 1 aliphatic heterocycles. The summed E-state index contributed by atoms with van der Waals surface area (Å²) in [6, 6.07) is 57.0. The smallest absolute Gasteiger partial charge is 0.172 e. The van der Waals surface area contributed by atoms with Gasteiger partial charge in [0.1, 0.15) is 0 Å². The van der Waals surface area contributed by atoms with Crippen LogP contribution in [0.25, 0.3) is 27.8 Å². The van der Waals surface area contributed by atoms with Crippen molar-refractivity contribution in [2.75, 3.05) is 4.90 Å². The highest BCUT2D eigenvalue weighted by Crippen LogP contribution is 2.66. The van der Waals surface area contributed by atoms with Crippen LogP contribution >= 0.6 is 0 Å². The molecule has 0 bridgehead atoms. The Balaban J connectivity index is 0.996. The summed E-state index contributed by atoms with van der Waals surface area (Å²) in [5, 5.41) is 0. The standard InChI is InChI=1S/C55H39NO2/c1-4-16-36(17-5-1)38-28-30-50(44(32-38)37-18-6-2-7-19-37)56(39-20-8-3-9-21-39)40-29-31-51-52(33-40)58-54-35-49-45(34-53(54)57-51)43-24-12-15-27-48(43)55(49)46-25-13-10-22-41(46)42-23-11-14-26-47(42)55/h1-10,12-13,15-18,20-35,37H,11,14,19H2. The summed E-state index contributed by atoms with van der Waals surface area (Å²) >= 11 is 0. The van der Waals surface area contributed by atoms with Gasteiger partial charge in [-0.25, -0.2) is 0 Å².